The molecule has 2 N–H and O–H groups in total. The maximum Gasteiger partial charge on any atom is 0.0146 e. The molecule has 0 heterocycles. The van der Waals surface area contributed by atoms with Crippen LogP contribution in [0.15, 0.2) is 24.3 Å². The van der Waals surface area contributed by atoms with E-state index in [0.717, 1.165) is 6.42 Å². The Morgan fingerprint density at radius 1 is 1.33 bits per heavy atom. The first-order chi connectivity index (χ1) is 5.29. The molecule has 0 bridgehead atoms. The van der Waals surface area contributed by atoms with E-state index in [-0.39, 0.29) is 12.4 Å². The Balaban J connectivity index is 0.000000720. The van der Waals surface area contributed by atoms with Gasteiger partial charge >= 0.3 is 0 Å². The van der Waals surface area contributed by atoms with E-state index in [1.54, 1.807) is 0 Å². The standard InChI is InChI=1S/C10H13N.ClH/c1-7-9-5-3-2-4-8(9)6-10(7)11;/h2-5,7,10H,6,11H2,1H3;1H/t7-,10+;/m0./s1. The van der Waals surface area contributed by atoms with Crippen molar-refractivity contribution in [3.63, 3.8) is 0 Å². The molecule has 2 atom stereocenters. The molecule has 0 aliphatic heterocycles. The zero-order valence-corrected chi connectivity index (χ0v) is 7.97. The van der Waals surface area contributed by atoms with Crippen LogP contribution in [0, 0.1) is 0 Å². The van der Waals surface area contributed by atoms with Crippen molar-refractivity contribution >= 4 is 12.4 Å². The van der Waals surface area contributed by atoms with Gasteiger partial charge in [0.2, 0.25) is 0 Å². The van der Waals surface area contributed by atoms with Crippen LogP contribution in [0.4, 0.5) is 0 Å². The summed E-state index contributed by atoms with van der Waals surface area (Å²) in [5.41, 5.74) is 8.81. The predicted molar refractivity (Wildman–Crippen MR) is 53.8 cm³/mol. The summed E-state index contributed by atoms with van der Waals surface area (Å²) in [7, 11) is 0. The van der Waals surface area contributed by atoms with Crippen LogP contribution in [0.3, 0.4) is 0 Å². The molecule has 0 radical (unpaired) electrons. The van der Waals surface area contributed by atoms with E-state index in [0.29, 0.717) is 12.0 Å². The average Bonchev–Trinajstić information content (AvgIpc) is 2.30. The minimum atomic E-state index is 0. The van der Waals surface area contributed by atoms with Crippen molar-refractivity contribution in [1.29, 1.82) is 0 Å². The summed E-state index contributed by atoms with van der Waals surface area (Å²) in [6.07, 6.45) is 1.05. The lowest BCUT2D eigenvalue weighted by Gasteiger charge is -2.08. The van der Waals surface area contributed by atoms with Crippen molar-refractivity contribution in [2.45, 2.75) is 25.3 Å². The van der Waals surface area contributed by atoms with E-state index in [2.05, 4.69) is 31.2 Å². The quantitative estimate of drug-likeness (QED) is 0.655. The Hall–Kier alpha value is -0.530. The molecule has 1 aliphatic carbocycles. The predicted octanol–water partition coefficient (Wildman–Crippen LogP) is 2.10. The number of nitrogens with two attached hydrogens (primary N) is 1. The monoisotopic (exact) mass is 183 g/mol. The molecule has 66 valence electrons. The molecule has 0 aromatic heterocycles. The van der Waals surface area contributed by atoms with Crippen molar-refractivity contribution in [3.05, 3.63) is 35.4 Å². The maximum atomic E-state index is 5.93. The molecule has 0 amide bonds. The fourth-order valence-corrected chi connectivity index (χ4v) is 1.83. The molecule has 2 heteroatoms. The lowest BCUT2D eigenvalue weighted by Crippen LogP contribution is -2.22. The molecule has 0 saturated heterocycles. The van der Waals surface area contributed by atoms with Crippen LogP contribution in [-0.2, 0) is 6.42 Å². The smallest absolute Gasteiger partial charge is 0.0146 e. The second kappa shape index (κ2) is 3.46. The van der Waals surface area contributed by atoms with Gasteiger partial charge in [-0.15, -0.1) is 12.4 Å². The van der Waals surface area contributed by atoms with Gasteiger partial charge < -0.3 is 5.73 Å². The second-order valence-electron chi connectivity index (χ2n) is 3.36. The highest BCUT2D eigenvalue weighted by molar-refractivity contribution is 5.85. The summed E-state index contributed by atoms with van der Waals surface area (Å²) in [5, 5.41) is 0. The molecule has 1 nitrogen and oxygen atoms in total. The largest absolute Gasteiger partial charge is 0.327 e. The summed E-state index contributed by atoms with van der Waals surface area (Å²) in [6.45, 7) is 2.20. The van der Waals surface area contributed by atoms with Crippen LogP contribution in [-0.4, -0.2) is 6.04 Å². The van der Waals surface area contributed by atoms with Crippen LogP contribution in [0.1, 0.15) is 24.0 Å². The van der Waals surface area contributed by atoms with Crippen molar-refractivity contribution in [2.75, 3.05) is 0 Å². The van der Waals surface area contributed by atoms with Crippen LogP contribution in [0.5, 0.6) is 0 Å². The van der Waals surface area contributed by atoms with Gasteiger partial charge in [-0.2, -0.15) is 0 Å². The van der Waals surface area contributed by atoms with Crippen molar-refractivity contribution in [2.24, 2.45) is 5.73 Å². The maximum absolute atomic E-state index is 5.93. The van der Waals surface area contributed by atoms with Gasteiger partial charge in [0.05, 0.1) is 0 Å². The lowest BCUT2D eigenvalue weighted by atomic mass is 10.0. The molecular formula is C10H14ClN. The van der Waals surface area contributed by atoms with Gasteiger partial charge in [0.25, 0.3) is 0 Å². The van der Waals surface area contributed by atoms with E-state index < -0.39 is 0 Å². The first-order valence-corrected chi connectivity index (χ1v) is 4.12. The van der Waals surface area contributed by atoms with E-state index in [1.165, 1.54) is 11.1 Å². The average molecular weight is 184 g/mol. The molecular weight excluding hydrogens is 170 g/mol. The molecule has 1 aromatic rings. The normalized spacial score (nSPS) is 26.2. The third-order valence-electron chi connectivity index (χ3n) is 2.64. The number of benzene rings is 1. The molecule has 0 unspecified atom stereocenters. The molecule has 0 fully saturated rings. The van der Waals surface area contributed by atoms with Crippen LogP contribution in [0.25, 0.3) is 0 Å². The van der Waals surface area contributed by atoms with Gasteiger partial charge in [-0.3, -0.25) is 0 Å². The minimum Gasteiger partial charge on any atom is -0.327 e. The van der Waals surface area contributed by atoms with E-state index in [4.69, 9.17) is 5.73 Å². The van der Waals surface area contributed by atoms with E-state index in [1.807, 2.05) is 0 Å². The fraction of sp³-hybridized carbons (Fsp3) is 0.400. The van der Waals surface area contributed by atoms with Crippen molar-refractivity contribution < 1.29 is 0 Å². The summed E-state index contributed by atoms with van der Waals surface area (Å²) >= 11 is 0. The van der Waals surface area contributed by atoms with E-state index in [9.17, 15) is 0 Å². The van der Waals surface area contributed by atoms with Crippen molar-refractivity contribution in [1.82, 2.24) is 0 Å². The summed E-state index contributed by atoms with van der Waals surface area (Å²) in [4.78, 5) is 0. The fourth-order valence-electron chi connectivity index (χ4n) is 1.83. The highest BCUT2D eigenvalue weighted by Gasteiger charge is 2.24. The highest BCUT2D eigenvalue weighted by Crippen LogP contribution is 2.30. The number of halogens is 1. The molecule has 1 aliphatic rings. The third-order valence-corrected chi connectivity index (χ3v) is 2.64. The second-order valence-corrected chi connectivity index (χ2v) is 3.36. The summed E-state index contributed by atoms with van der Waals surface area (Å²) in [5.74, 6) is 0.547. The number of hydrogen-bond donors (Lipinski definition) is 1. The Morgan fingerprint density at radius 2 is 2.00 bits per heavy atom. The van der Waals surface area contributed by atoms with Crippen LogP contribution >= 0.6 is 12.4 Å². The SMILES string of the molecule is C[C@H]1c2ccccc2C[C@H]1N.Cl. The number of hydrogen-bond acceptors (Lipinski definition) is 1. The Morgan fingerprint density at radius 3 is 2.67 bits per heavy atom. The summed E-state index contributed by atoms with van der Waals surface area (Å²) < 4.78 is 0. The highest BCUT2D eigenvalue weighted by atomic mass is 35.5. The van der Waals surface area contributed by atoms with Gasteiger partial charge in [0.1, 0.15) is 0 Å². The molecule has 12 heavy (non-hydrogen) atoms. The number of rotatable bonds is 0. The van der Waals surface area contributed by atoms with Gasteiger partial charge in [-0.05, 0) is 23.5 Å². The first kappa shape index (κ1) is 9.56. The van der Waals surface area contributed by atoms with E-state index >= 15 is 0 Å². The van der Waals surface area contributed by atoms with Gasteiger partial charge in [0.15, 0.2) is 0 Å². The van der Waals surface area contributed by atoms with Crippen LogP contribution in [0.2, 0.25) is 0 Å². The molecule has 0 spiro atoms. The number of fused-ring (bicyclic) bond motifs is 1. The Labute approximate surface area is 79.4 Å². The van der Waals surface area contributed by atoms with Crippen molar-refractivity contribution in [3.8, 4) is 0 Å². The van der Waals surface area contributed by atoms with Gasteiger partial charge in [-0.25, -0.2) is 0 Å². The zero-order valence-electron chi connectivity index (χ0n) is 7.16. The van der Waals surface area contributed by atoms with Gasteiger partial charge in [-0.1, -0.05) is 31.2 Å². The Kier molecular flexibility index (Phi) is 2.76. The van der Waals surface area contributed by atoms with Crippen LogP contribution < -0.4 is 5.73 Å². The topological polar surface area (TPSA) is 26.0 Å². The molecule has 1 aromatic carbocycles. The zero-order chi connectivity index (χ0) is 7.84. The molecule has 0 saturated carbocycles. The minimum absolute atomic E-state index is 0. The first-order valence-electron chi connectivity index (χ1n) is 4.12. The summed E-state index contributed by atoms with van der Waals surface area (Å²) in [6, 6.07) is 8.88. The lowest BCUT2D eigenvalue weighted by molar-refractivity contribution is 0.615. The molecule has 2 rings (SSSR count). The van der Waals surface area contributed by atoms with Gasteiger partial charge in [0, 0.05) is 6.04 Å². The third kappa shape index (κ3) is 1.35. The Bertz CT molecular complexity index is 272.